The summed E-state index contributed by atoms with van der Waals surface area (Å²) in [5.41, 5.74) is 2.15. The van der Waals surface area contributed by atoms with E-state index in [0.29, 0.717) is 19.8 Å². The van der Waals surface area contributed by atoms with E-state index in [0.717, 1.165) is 17.4 Å². The Morgan fingerprint density at radius 2 is 2.33 bits per heavy atom. The fourth-order valence-corrected chi connectivity index (χ4v) is 3.73. The van der Waals surface area contributed by atoms with Gasteiger partial charge in [-0.05, 0) is 40.1 Å². The van der Waals surface area contributed by atoms with Gasteiger partial charge in [0.1, 0.15) is 5.82 Å². The number of hydrogen-bond acceptors (Lipinski definition) is 4. The van der Waals surface area contributed by atoms with Gasteiger partial charge in [0.05, 0.1) is 26.0 Å². The molecule has 0 bridgehead atoms. The molecule has 0 spiro atoms. The highest BCUT2D eigenvalue weighted by Gasteiger charge is 2.16. The van der Waals surface area contributed by atoms with Crippen molar-refractivity contribution in [3.8, 4) is 5.69 Å². The van der Waals surface area contributed by atoms with Crippen LogP contribution in [-0.4, -0.2) is 26.4 Å². The maximum Gasteiger partial charge on any atom is 0.313 e. The summed E-state index contributed by atoms with van der Waals surface area (Å²) in [6, 6.07) is 5.00. The standard InChI is InChI=1S/C13H8FIN2O2S2/c14-8-3-11-10(4-9(8)15)16-13(21-6-12(18)19)17(11)7-1-2-20-5-7/h1-5H,6H2,(H,18,19). The minimum atomic E-state index is -0.912. The Balaban J connectivity index is 2.20. The Kier molecular flexibility index (Phi) is 4.18. The van der Waals surface area contributed by atoms with Gasteiger partial charge in [0.25, 0.3) is 0 Å². The van der Waals surface area contributed by atoms with Crippen LogP contribution in [0.25, 0.3) is 16.7 Å². The second-order valence-corrected chi connectivity index (χ2v) is 7.03. The number of hydrogen-bond donors (Lipinski definition) is 1. The predicted octanol–water partition coefficient (Wildman–Crippen LogP) is 4.01. The Morgan fingerprint density at radius 3 is 3.00 bits per heavy atom. The molecule has 2 aromatic heterocycles. The van der Waals surface area contributed by atoms with Crippen LogP contribution in [-0.2, 0) is 4.79 Å². The number of benzene rings is 1. The zero-order chi connectivity index (χ0) is 15.0. The summed E-state index contributed by atoms with van der Waals surface area (Å²) < 4.78 is 16.1. The summed E-state index contributed by atoms with van der Waals surface area (Å²) in [5.74, 6) is -1.31. The molecule has 0 amide bonds. The van der Waals surface area contributed by atoms with E-state index in [4.69, 9.17) is 5.11 Å². The molecule has 108 valence electrons. The zero-order valence-corrected chi connectivity index (χ0v) is 14.2. The van der Waals surface area contributed by atoms with E-state index in [1.807, 2.05) is 39.4 Å². The van der Waals surface area contributed by atoms with Gasteiger partial charge in [-0.2, -0.15) is 11.3 Å². The van der Waals surface area contributed by atoms with Gasteiger partial charge in [-0.3, -0.25) is 9.36 Å². The molecule has 2 heterocycles. The van der Waals surface area contributed by atoms with E-state index in [-0.39, 0.29) is 11.6 Å². The fraction of sp³-hybridized carbons (Fsp3) is 0.0769. The largest absolute Gasteiger partial charge is 0.481 e. The van der Waals surface area contributed by atoms with Crippen LogP contribution in [0.4, 0.5) is 4.39 Å². The molecular weight excluding hydrogens is 426 g/mol. The molecule has 0 aliphatic rings. The Bertz CT molecular complexity index is 817. The summed E-state index contributed by atoms with van der Waals surface area (Å²) in [5, 5.41) is 13.2. The van der Waals surface area contributed by atoms with Crippen LogP contribution in [0.3, 0.4) is 0 Å². The monoisotopic (exact) mass is 434 g/mol. The highest BCUT2D eigenvalue weighted by molar-refractivity contribution is 14.1. The molecule has 0 atom stereocenters. The first-order valence-electron chi connectivity index (χ1n) is 5.81. The molecule has 0 fully saturated rings. The third kappa shape index (κ3) is 2.92. The van der Waals surface area contributed by atoms with Crippen LogP contribution in [0.2, 0.25) is 0 Å². The van der Waals surface area contributed by atoms with Crippen molar-refractivity contribution >= 4 is 62.7 Å². The third-order valence-corrected chi connectivity index (χ3v) is 5.18. The van der Waals surface area contributed by atoms with Gasteiger partial charge in [0.15, 0.2) is 5.16 Å². The van der Waals surface area contributed by atoms with Gasteiger partial charge < -0.3 is 5.11 Å². The number of carbonyl (C=O) groups is 1. The third-order valence-electron chi connectivity index (χ3n) is 2.75. The summed E-state index contributed by atoms with van der Waals surface area (Å²) in [6.07, 6.45) is 0. The van der Waals surface area contributed by atoms with Gasteiger partial charge in [0, 0.05) is 11.4 Å². The van der Waals surface area contributed by atoms with Crippen molar-refractivity contribution in [3.05, 3.63) is 38.3 Å². The quantitative estimate of drug-likeness (QED) is 0.498. The highest BCUT2D eigenvalue weighted by atomic mass is 127. The molecule has 21 heavy (non-hydrogen) atoms. The average molecular weight is 434 g/mol. The first-order chi connectivity index (χ1) is 10.1. The van der Waals surface area contributed by atoms with Gasteiger partial charge in [-0.15, -0.1) is 0 Å². The van der Waals surface area contributed by atoms with Gasteiger partial charge >= 0.3 is 5.97 Å². The molecule has 8 heteroatoms. The maximum absolute atomic E-state index is 13.8. The molecule has 1 N–H and O–H groups in total. The van der Waals surface area contributed by atoms with Crippen molar-refractivity contribution in [3.63, 3.8) is 0 Å². The molecule has 0 saturated heterocycles. The Labute approximate surface area is 141 Å². The first-order valence-corrected chi connectivity index (χ1v) is 8.81. The molecular formula is C13H8FIN2O2S2. The van der Waals surface area contributed by atoms with E-state index in [9.17, 15) is 9.18 Å². The molecule has 1 aromatic carbocycles. The van der Waals surface area contributed by atoms with Gasteiger partial charge in [-0.25, -0.2) is 9.37 Å². The van der Waals surface area contributed by atoms with Crippen molar-refractivity contribution in [2.45, 2.75) is 5.16 Å². The van der Waals surface area contributed by atoms with Gasteiger partial charge in [-0.1, -0.05) is 11.8 Å². The molecule has 0 aliphatic carbocycles. The Hall–Kier alpha value is -1.13. The van der Waals surface area contributed by atoms with Crippen LogP contribution in [0, 0.1) is 9.39 Å². The summed E-state index contributed by atoms with van der Waals surface area (Å²) in [6.45, 7) is 0. The zero-order valence-electron chi connectivity index (χ0n) is 10.4. The predicted molar refractivity (Wildman–Crippen MR) is 90.0 cm³/mol. The fourth-order valence-electron chi connectivity index (χ4n) is 1.91. The number of carboxylic acids is 1. The van der Waals surface area contributed by atoms with Crippen LogP contribution in [0.1, 0.15) is 0 Å². The lowest BCUT2D eigenvalue weighted by molar-refractivity contribution is -0.133. The van der Waals surface area contributed by atoms with E-state index < -0.39 is 5.97 Å². The van der Waals surface area contributed by atoms with Crippen LogP contribution in [0.5, 0.6) is 0 Å². The SMILES string of the molecule is O=C(O)CSc1nc2cc(I)c(F)cc2n1-c1ccsc1. The van der Waals surface area contributed by atoms with E-state index in [1.54, 1.807) is 10.6 Å². The van der Waals surface area contributed by atoms with E-state index in [1.165, 1.54) is 17.4 Å². The van der Waals surface area contributed by atoms with Crippen LogP contribution >= 0.6 is 45.7 Å². The van der Waals surface area contributed by atoms with E-state index in [2.05, 4.69) is 4.98 Å². The van der Waals surface area contributed by atoms with Crippen molar-refractivity contribution < 1.29 is 14.3 Å². The molecule has 0 saturated carbocycles. The number of thioether (sulfide) groups is 1. The summed E-state index contributed by atoms with van der Waals surface area (Å²) >= 11 is 4.56. The number of fused-ring (bicyclic) bond motifs is 1. The molecule has 0 radical (unpaired) electrons. The lowest BCUT2D eigenvalue weighted by atomic mass is 10.3. The first kappa shape index (κ1) is 14.8. The minimum Gasteiger partial charge on any atom is -0.481 e. The molecule has 4 nitrogen and oxygen atoms in total. The number of thiophene rings is 1. The van der Waals surface area contributed by atoms with Crippen molar-refractivity contribution in [2.24, 2.45) is 0 Å². The van der Waals surface area contributed by atoms with E-state index >= 15 is 0 Å². The number of carboxylic acid groups (broad SMARTS) is 1. The summed E-state index contributed by atoms with van der Waals surface area (Å²) in [4.78, 5) is 15.2. The van der Waals surface area contributed by atoms with Crippen LogP contribution in [0.15, 0.2) is 34.1 Å². The lowest BCUT2D eigenvalue weighted by Crippen LogP contribution is -2.01. The normalized spacial score (nSPS) is 11.1. The number of aliphatic carboxylic acids is 1. The Morgan fingerprint density at radius 1 is 1.52 bits per heavy atom. The summed E-state index contributed by atoms with van der Waals surface area (Å²) in [7, 11) is 0. The lowest BCUT2D eigenvalue weighted by Gasteiger charge is -2.05. The number of imidazole rings is 1. The maximum atomic E-state index is 13.8. The highest BCUT2D eigenvalue weighted by Crippen LogP contribution is 2.30. The second kappa shape index (κ2) is 5.93. The number of nitrogens with zero attached hydrogens (tertiary/aromatic N) is 2. The van der Waals surface area contributed by atoms with Crippen molar-refractivity contribution in [1.29, 1.82) is 0 Å². The number of aromatic nitrogens is 2. The number of rotatable bonds is 4. The molecule has 0 unspecified atom stereocenters. The molecule has 3 rings (SSSR count). The minimum absolute atomic E-state index is 0.0902. The van der Waals surface area contributed by atoms with Crippen LogP contribution < -0.4 is 0 Å². The van der Waals surface area contributed by atoms with Crippen molar-refractivity contribution in [2.75, 3.05) is 5.75 Å². The van der Waals surface area contributed by atoms with Crippen molar-refractivity contribution in [1.82, 2.24) is 9.55 Å². The smallest absolute Gasteiger partial charge is 0.313 e. The second-order valence-electron chi connectivity index (χ2n) is 4.15. The molecule has 3 aromatic rings. The van der Waals surface area contributed by atoms with Gasteiger partial charge in [0.2, 0.25) is 0 Å². The average Bonchev–Trinajstić information content (AvgIpc) is 3.04. The molecule has 0 aliphatic heterocycles. The number of halogens is 2. The topological polar surface area (TPSA) is 55.1 Å².